The lowest BCUT2D eigenvalue weighted by Gasteiger charge is -2.29. The average Bonchev–Trinajstić information content (AvgIpc) is 3.13. The minimum atomic E-state index is -1.21. The normalized spacial score (nSPS) is 19.1. The van der Waals surface area contributed by atoms with E-state index in [-0.39, 0.29) is 31.7 Å². The second-order valence-corrected chi connectivity index (χ2v) is 8.00. The lowest BCUT2D eigenvalue weighted by Crippen LogP contribution is -2.57. The summed E-state index contributed by atoms with van der Waals surface area (Å²) in [6.45, 7) is 5.39. The Morgan fingerprint density at radius 1 is 1.03 bits per heavy atom. The smallest absolute Gasteiger partial charge is 0.326 e. The van der Waals surface area contributed by atoms with Crippen LogP contribution in [0.4, 0.5) is 0 Å². The van der Waals surface area contributed by atoms with Crippen molar-refractivity contribution in [1.29, 1.82) is 0 Å². The Kier molecular flexibility index (Phi) is 9.70. The highest BCUT2D eigenvalue weighted by Gasteiger charge is 2.38. The predicted octanol–water partition coefficient (Wildman–Crippen LogP) is -0.710. The van der Waals surface area contributed by atoms with Crippen molar-refractivity contribution in [3.05, 3.63) is 0 Å². The van der Waals surface area contributed by atoms with Crippen molar-refractivity contribution < 1.29 is 34.2 Å². The topological polar surface area (TPSA) is 179 Å². The van der Waals surface area contributed by atoms with Gasteiger partial charge in [-0.2, -0.15) is 0 Å². The molecule has 0 unspecified atom stereocenters. The van der Waals surface area contributed by atoms with Gasteiger partial charge in [-0.15, -0.1) is 0 Å². The van der Waals surface area contributed by atoms with Crippen LogP contribution in [0.1, 0.15) is 52.9 Å². The molecule has 0 saturated carbocycles. The van der Waals surface area contributed by atoms with E-state index in [4.69, 9.17) is 10.8 Å². The van der Waals surface area contributed by atoms with Gasteiger partial charge in [0.25, 0.3) is 0 Å². The first-order valence-electron chi connectivity index (χ1n) is 10.0. The first kappa shape index (κ1) is 25.3. The van der Waals surface area contributed by atoms with Gasteiger partial charge in [-0.3, -0.25) is 19.2 Å². The van der Waals surface area contributed by atoms with Crippen molar-refractivity contribution in [2.75, 3.05) is 6.54 Å². The number of nitrogens with zero attached hydrogens (tertiary/aromatic N) is 1. The summed E-state index contributed by atoms with van der Waals surface area (Å²) >= 11 is 0. The summed E-state index contributed by atoms with van der Waals surface area (Å²) in [7, 11) is 0. The highest BCUT2D eigenvalue weighted by Crippen LogP contribution is 2.20. The zero-order valence-corrected chi connectivity index (χ0v) is 17.6. The third-order valence-electron chi connectivity index (χ3n) is 4.84. The Labute approximate surface area is 175 Å². The Morgan fingerprint density at radius 2 is 1.63 bits per heavy atom. The van der Waals surface area contributed by atoms with E-state index in [1.807, 2.05) is 13.8 Å². The average molecular weight is 428 g/mol. The van der Waals surface area contributed by atoms with E-state index in [0.29, 0.717) is 12.8 Å². The van der Waals surface area contributed by atoms with E-state index in [1.54, 1.807) is 0 Å². The van der Waals surface area contributed by atoms with Gasteiger partial charge in [0.2, 0.25) is 17.7 Å². The maximum absolute atomic E-state index is 12.9. The summed E-state index contributed by atoms with van der Waals surface area (Å²) in [5, 5.41) is 23.4. The zero-order chi connectivity index (χ0) is 23.0. The van der Waals surface area contributed by atoms with Crippen LogP contribution in [0.15, 0.2) is 0 Å². The van der Waals surface area contributed by atoms with E-state index in [9.17, 15) is 29.1 Å². The van der Waals surface area contributed by atoms with Crippen molar-refractivity contribution in [2.45, 2.75) is 77.0 Å². The summed E-state index contributed by atoms with van der Waals surface area (Å²) in [6.07, 6.45) is 0.497. The van der Waals surface area contributed by atoms with Gasteiger partial charge in [-0.05, 0) is 38.5 Å². The number of carboxylic acid groups (broad SMARTS) is 2. The second-order valence-electron chi connectivity index (χ2n) is 8.00. The molecule has 11 nitrogen and oxygen atoms in total. The molecule has 1 heterocycles. The number of aliphatic carboxylic acids is 2. The fourth-order valence-corrected chi connectivity index (χ4v) is 3.29. The Bertz CT molecular complexity index is 665. The first-order chi connectivity index (χ1) is 13.9. The molecule has 6 N–H and O–H groups in total. The van der Waals surface area contributed by atoms with Crippen LogP contribution >= 0.6 is 0 Å². The Hall–Kier alpha value is -2.69. The van der Waals surface area contributed by atoms with Gasteiger partial charge in [0, 0.05) is 13.0 Å². The minimum Gasteiger partial charge on any atom is -0.481 e. The Morgan fingerprint density at radius 3 is 2.13 bits per heavy atom. The van der Waals surface area contributed by atoms with Crippen molar-refractivity contribution in [1.82, 2.24) is 15.5 Å². The fourth-order valence-electron chi connectivity index (χ4n) is 3.29. The number of carbonyl (C=O) groups excluding carboxylic acids is 3. The van der Waals surface area contributed by atoms with Gasteiger partial charge in [-0.25, -0.2) is 4.79 Å². The molecule has 1 aliphatic heterocycles. The quantitative estimate of drug-likeness (QED) is 0.286. The molecule has 11 heteroatoms. The molecule has 1 saturated heterocycles. The van der Waals surface area contributed by atoms with Gasteiger partial charge in [0.15, 0.2) is 0 Å². The summed E-state index contributed by atoms with van der Waals surface area (Å²) < 4.78 is 0. The number of hydrogen-bond donors (Lipinski definition) is 5. The van der Waals surface area contributed by atoms with Crippen LogP contribution in [-0.2, 0) is 24.0 Å². The molecule has 0 aromatic carbocycles. The highest BCUT2D eigenvalue weighted by atomic mass is 16.4. The molecular weight excluding hydrogens is 396 g/mol. The highest BCUT2D eigenvalue weighted by molar-refractivity contribution is 5.94. The summed E-state index contributed by atoms with van der Waals surface area (Å²) in [5.41, 5.74) is 5.55. The Balaban J connectivity index is 3.01. The lowest BCUT2D eigenvalue weighted by molar-refractivity contribution is -0.150. The number of nitrogens with two attached hydrogens (primary N) is 1. The molecule has 4 atom stereocenters. The number of carboxylic acids is 2. The summed E-state index contributed by atoms with van der Waals surface area (Å²) in [4.78, 5) is 61.3. The van der Waals surface area contributed by atoms with E-state index in [1.165, 1.54) is 6.92 Å². The molecule has 0 aliphatic carbocycles. The van der Waals surface area contributed by atoms with Crippen LogP contribution in [0.25, 0.3) is 0 Å². The van der Waals surface area contributed by atoms with Crippen LogP contribution < -0.4 is 16.4 Å². The van der Waals surface area contributed by atoms with Crippen molar-refractivity contribution in [3.63, 3.8) is 0 Å². The van der Waals surface area contributed by atoms with Gasteiger partial charge >= 0.3 is 11.9 Å². The van der Waals surface area contributed by atoms with Crippen LogP contribution in [0.2, 0.25) is 0 Å². The number of carbonyl (C=O) groups is 5. The standard InChI is InChI=1S/C19H32N4O7/c1-10(2)9-13(22-16(26)11(3)20)17(27)21-12(6-7-15(24)25)18(28)23-8-4-5-14(23)19(29)30/h10-14H,4-9,20H2,1-3H3,(H,21,27)(H,22,26)(H,24,25)(H,29,30)/t11-,12-,13-,14-/m0/s1. The van der Waals surface area contributed by atoms with Crippen LogP contribution in [0.3, 0.4) is 0 Å². The third-order valence-corrected chi connectivity index (χ3v) is 4.84. The van der Waals surface area contributed by atoms with Crippen LogP contribution in [-0.4, -0.2) is 75.5 Å². The number of amides is 3. The number of nitrogens with one attached hydrogen (secondary N) is 2. The van der Waals surface area contributed by atoms with E-state index < -0.39 is 53.8 Å². The summed E-state index contributed by atoms with van der Waals surface area (Å²) in [5.74, 6) is -4.08. The van der Waals surface area contributed by atoms with Gasteiger partial charge in [0.1, 0.15) is 18.1 Å². The van der Waals surface area contributed by atoms with Crippen molar-refractivity contribution in [3.8, 4) is 0 Å². The molecular formula is C19H32N4O7. The molecule has 0 radical (unpaired) electrons. The largest absolute Gasteiger partial charge is 0.481 e. The maximum Gasteiger partial charge on any atom is 0.326 e. The van der Waals surface area contributed by atoms with Crippen LogP contribution in [0, 0.1) is 5.92 Å². The van der Waals surface area contributed by atoms with Gasteiger partial charge in [0.05, 0.1) is 6.04 Å². The van der Waals surface area contributed by atoms with Crippen molar-refractivity contribution >= 4 is 29.7 Å². The fraction of sp³-hybridized carbons (Fsp3) is 0.737. The molecule has 0 spiro atoms. The second kappa shape index (κ2) is 11.5. The molecule has 0 aromatic heterocycles. The van der Waals surface area contributed by atoms with E-state index in [0.717, 1.165) is 4.90 Å². The summed E-state index contributed by atoms with van der Waals surface area (Å²) in [6, 6.07) is -4.02. The molecule has 30 heavy (non-hydrogen) atoms. The zero-order valence-electron chi connectivity index (χ0n) is 17.6. The number of hydrogen-bond acceptors (Lipinski definition) is 6. The predicted molar refractivity (Wildman–Crippen MR) is 106 cm³/mol. The molecule has 0 aromatic rings. The monoisotopic (exact) mass is 428 g/mol. The maximum atomic E-state index is 12.9. The SMILES string of the molecule is CC(C)C[C@H](NC(=O)[C@H](C)N)C(=O)N[C@@H](CCC(=O)O)C(=O)N1CCC[C@H]1C(=O)O. The molecule has 1 rings (SSSR count). The van der Waals surface area contributed by atoms with Crippen molar-refractivity contribution in [2.24, 2.45) is 11.7 Å². The van der Waals surface area contributed by atoms with Crippen LogP contribution in [0.5, 0.6) is 0 Å². The minimum absolute atomic E-state index is 0.0391. The van der Waals surface area contributed by atoms with E-state index >= 15 is 0 Å². The lowest BCUT2D eigenvalue weighted by atomic mass is 10.0. The van der Waals surface area contributed by atoms with Gasteiger partial charge < -0.3 is 31.5 Å². The molecule has 0 bridgehead atoms. The van der Waals surface area contributed by atoms with Gasteiger partial charge in [-0.1, -0.05) is 13.8 Å². The molecule has 170 valence electrons. The number of rotatable bonds is 11. The van der Waals surface area contributed by atoms with E-state index in [2.05, 4.69) is 10.6 Å². The first-order valence-corrected chi connectivity index (χ1v) is 10.0. The molecule has 1 aliphatic rings. The number of likely N-dealkylation sites (tertiary alicyclic amines) is 1. The molecule has 3 amide bonds. The third kappa shape index (κ3) is 7.62. The molecule has 1 fully saturated rings.